The number of nitrogens with zero attached hydrogens (tertiary/aromatic N) is 1. The van der Waals surface area contributed by atoms with Crippen LogP contribution in [0.1, 0.15) is 20.7 Å². The predicted molar refractivity (Wildman–Crippen MR) is 50.9 cm³/mol. The highest BCUT2D eigenvalue weighted by Gasteiger charge is 2.25. The molecule has 0 heterocycles. The van der Waals surface area contributed by atoms with Crippen LogP contribution >= 0.6 is 0 Å². The second kappa shape index (κ2) is 4.36. The first-order valence-electron chi connectivity index (χ1n) is 4.00. The Bertz CT molecular complexity index is 438. The van der Waals surface area contributed by atoms with Crippen LogP contribution in [0.25, 0.3) is 0 Å². The lowest BCUT2D eigenvalue weighted by Gasteiger charge is -2.04. The minimum Gasteiger partial charge on any atom is -0.366 e. The van der Waals surface area contributed by atoms with E-state index in [4.69, 9.17) is 10.9 Å². The number of benzene rings is 1. The zero-order valence-electron chi connectivity index (χ0n) is 7.84. The lowest BCUT2D eigenvalue weighted by Crippen LogP contribution is -2.25. The van der Waals surface area contributed by atoms with Gasteiger partial charge in [0.05, 0.1) is 10.5 Å². The number of carbonyl (C=O) groups excluding carboxylic acids is 2. The van der Waals surface area contributed by atoms with Gasteiger partial charge in [-0.2, -0.15) is 0 Å². The molecule has 1 aromatic carbocycles. The monoisotopic (exact) mass is 225 g/mol. The van der Waals surface area contributed by atoms with E-state index < -0.39 is 28.0 Å². The molecule has 0 bridgehead atoms. The van der Waals surface area contributed by atoms with Crippen molar-refractivity contribution in [2.45, 2.75) is 0 Å². The van der Waals surface area contributed by atoms with Gasteiger partial charge < -0.3 is 5.73 Å². The summed E-state index contributed by atoms with van der Waals surface area (Å²) in [6.07, 6.45) is 0. The summed E-state index contributed by atoms with van der Waals surface area (Å²) in [4.78, 5) is 31.9. The van der Waals surface area contributed by atoms with Gasteiger partial charge in [-0.05, 0) is 6.07 Å². The topological polar surface area (TPSA) is 136 Å². The molecule has 0 unspecified atom stereocenters. The molecular formula is C8H7N3O5. The molecule has 0 saturated carbocycles. The Balaban J connectivity index is 3.53. The zero-order chi connectivity index (χ0) is 12.3. The standard InChI is InChI=1S/C8H7N3O5/c9-7(12)4-2-1-3-5(11(15)16)6(4)8(13)10-14/h1-3,14H,(H2,9,12)(H,10,13). The molecule has 0 aliphatic carbocycles. The van der Waals surface area contributed by atoms with Gasteiger partial charge in [0.1, 0.15) is 5.56 Å². The van der Waals surface area contributed by atoms with E-state index in [9.17, 15) is 19.7 Å². The fourth-order valence-corrected chi connectivity index (χ4v) is 1.19. The smallest absolute Gasteiger partial charge is 0.283 e. The number of rotatable bonds is 3. The number of nitrogens with two attached hydrogens (primary N) is 1. The third kappa shape index (κ3) is 1.96. The van der Waals surface area contributed by atoms with Crippen molar-refractivity contribution in [1.29, 1.82) is 0 Å². The average molecular weight is 225 g/mol. The summed E-state index contributed by atoms with van der Waals surface area (Å²) in [5.74, 6) is -2.16. The molecule has 16 heavy (non-hydrogen) atoms. The summed E-state index contributed by atoms with van der Waals surface area (Å²) in [6.45, 7) is 0. The van der Waals surface area contributed by atoms with Gasteiger partial charge in [-0.3, -0.25) is 24.9 Å². The SMILES string of the molecule is NC(=O)c1cccc([N+](=O)[O-])c1C(=O)NO. The van der Waals surface area contributed by atoms with Crippen LogP contribution in [-0.2, 0) is 0 Å². The first kappa shape index (κ1) is 11.6. The lowest BCUT2D eigenvalue weighted by atomic mass is 10.0. The van der Waals surface area contributed by atoms with Gasteiger partial charge in [-0.25, -0.2) is 5.48 Å². The minimum absolute atomic E-state index is 0.333. The Morgan fingerprint density at radius 1 is 1.44 bits per heavy atom. The molecule has 0 aliphatic rings. The van der Waals surface area contributed by atoms with Crippen molar-refractivity contribution < 1.29 is 19.7 Å². The summed E-state index contributed by atoms with van der Waals surface area (Å²) >= 11 is 0. The molecule has 0 atom stereocenters. The highest BCUT2D eigenvalue weighted by atomic mass is 16.6. The van der Waals surface area contributed by atoms with E-state index in [0.29, 0.717) is 0 Å². The van der Waals surface area contributed by atoms with Crippen molar-refractivity contribution in [2.24, 2.45) is 5.73 Å². The fraction of sp³-hybridized carbons (Fsp3) is 0. The Kier molecular flexibility index (Phi) is 3.16. The number of amides is 2. The van der Waals surface area contributed by atoms with Crippen molar-refractivity contribution in [3.05, 3.63) is 39.4 Å². The Labute approximate surface area is 88.8 Å². The third-order valence-corrected chi connectivity index (χ3v) is 1.83. The number of hydroxylamine groups is 1. The number of primary amides is 1. The van der Waals surface area contributed by atoms with E-state index in [-0.39, 0.29) is 5.56 Å². The summed E-state index contributed by atoms with van der Waals surface area (Å²) in [5.41, 5.74) is 4.67. The molecule has 0 aromatic heterocycles. The number of nitro benzene ring substituents is 1. The van der Waals surface area contributed by atoms with Crippen molar-refractivity contribution in [1.82, 2.24) is 5.48 Å². The molecular weight excluding hydrogens is 218 g/mol. The maximum atomic E-state index is 11.2. The molecule has 4 N–H and O–H groups in total. The molecule has 0 fully saturated rings. The van der Waals surface area contributed by atoms with E-state index in [2.05, 4.69) is 0 Å². The molecule has 8 heteroatoms. The number of nitrogens with one attached hydrogen (secondary N) is 1. The molecule has 84 valence electrons. The molecule has 0 radical (unpaired) electrons. The highest BCUT2D eigenvalue weighted by molar-refractivity contribution is 6.08. The first-order valence-corrected chi connectivity index (χ1v) is 4.00. The normalized spacial score (nSPS) is 9.56. The van der Waals surface area contributed by atoms with Gasteiger partial charge in [0.2, 0.25) is 5.91 Å². The maximum Gasteiger partial charge on any atom is 0.283 e. The summed E-state index contributed by atoms with van der Waals surface area (Å²) in [7, 11) is 0. The first-order chi connectivity index (χ1) is 7.49. The molecule has 1 aromatic rings. The van der Waals surface area contributed by atoms with Crippen molar-refractivity contribution in [3.8, 4) is 0 Å². The van der Waals surface area contributed by atoms with Crippen LogP contribution in [0.2, 0.25) is 0 Å². The van der Waals surface area contributed by atoms with Gasteiger partial charge in [0.15, 0.2) is 0 Å². The van der Waals surface area contributed by atoms with Crippen LogP contribution < -0.4 is 11.2 Å². The van der Waals surface area contributed by atoms with Crippen molar-refractivity contribution in [2.75, 3.05) is 0 Å². The second-order valence-electron chi connectivity index (χ2n) is 2.76. The Morgan fingerprint density at radius 2 is 2.06 bits per heavy atom. The summed E-state index contributed by atoms with van der Waals surface area (Å²) < 4.78 is 0. The van der Waals surface area contributed by atoms with E-state index in [1.807, 2.05) is 0 Å². The van der Waals surface area contributed by atoms with Crippen LogP contribution in [0.4, 0.5) is 5.69 Å². The van der Waals surface area contributed by atoms with Crippen LogP contribution in [0.3, 0.4) is 0 Å². The molecule has 0 saturated heterocycles. The van der Waals surface area contributed by atoms with E-state index in [1.54, 1.807) is 0 Å². The largest absolute Gasteiger partial charge is 0.366 e. The fourth-order valence-electron chi connectivity index (χ4n) is 1.19. The van der Waals surface area contributed by atoms with Gasteiger partial charge in [-0.15, -0.1) is 0 Å². The Hall–Kier alpha value is -2.48. The number of nitro groups is 1. The van der Waals surface area contributed by atoms with Gasteiger partial charge in [0.25, 0.3) is 11.6 Å². The highest BCUT2D eigenvalue weighted by Crippen LogP contribution is 2.21. The van der Waals surface area contributed by atoms with Gasteiger partial charge in [-0.1, -0.05) is 6.07 Å². The lowest BCUT2D eigenvalue weighted by molar-refractivity contribution is -0.385. The predicted octanol–water partition coefficient (Wildman–Crippen LogP) is -0.187. The minimum atomic E-state index is -1.17. The number of hydrogen-bond donors (Lipinski definition) is 3. The van der Waals surface area contributed by atoms with Gasteiger partial charge >= 0.3 is 0 Å². The van der Waals surface area contributed by atoms with Crippen molar-refractivity contribution >= 4 is 17.5 Å². The van der Waals surface area contributed by atoms with E-state index >= 15 is 0 Å². The van der Waals surface area contributed by atoms with E-state index in [1.165, 1.54) is 11.5 Å². The summed E-state index contributed by atoms with van der Waals surface area (Å²) in [6, 6.07) is 3.39. The molecule has 8 nitrogen and oxygen atoms in total. The number of hydrogen-bond acceptors (Lipinski definition) is 5. The molecule has 1 rings (SSSR count). The average Bonchev–Trinajstić information content (AvgIpc) is 2.26. The molecule has 2 amide bonds. The van der Waals surface area contributed by atoms with Crippen LogP contribution in [0.5, 0.6) is 0 Å². The molecule has 0 aliphatic heterocycles. The maximum absolute atomic E-state index is 11.2. The van der Waals surface area contributed by atoms with E-state index in [0.717, 1.165) is 12.1 Å². The molecule has 0 spiro atoms. The van der Waals surface area contributed by atoms with Gasteiger partial charge in [0, 0.05) is 6.07 Å². The Morgan fingerprint density at radius 3 is 2.50 bits per heavy atom. The van der Waals surface area contributed by atoms with Crippen LogP contribution in [0.15, 0.2) is 18.2 Å². The zero-order valence-corrected chi connectivity index (χ0v) is 7.84. The second-order valence-corrected chi connectivity index (χ2v) is 2.76. The van der Waals surface area contributed by atoms with Crippen LogP contribution in [0, 0.1) is 10.1 Å². The quantitative estimate of drug-likeness (QED) is 0.372. The van der Waals surface area contributed by atoms with Crippen LogP contribution in [-0.4, -0.2) is 21.9 Å². The summed E-state index contributed by atoms with van der Waals surface area (Å²) in [5, 5.41) is 19.0. The third-order valence-electron chi connectivity index (χ3n) is 1.83. The number of carbonyl (C=O) groups is 2. The van der Waals surface area contributed by atoms with Crippen molar-refractivity contribution in [3.63, 3.8) is 0 Å².